The third-order valence-electron chi connectivity index (χ3n) is 7.99. The molecule has 54 heavy (non-hydrogen) atoms. The van der Waals surface area contributed by atoms with Crippen LogP contribution in [0, 0.1) is 0 Å². The van der Waals surface area contributed by atoms with Crippen molar-refractivity contribution in [1.29, 1.82) is 0 Å². The average Bonchev–Trinajstić information content (AvgIpc) is 3.13. The number of aliphatic hydroxyl groups is 3. The van der Waals surface area contributed by atoms with E-state index < -0.39 is 57.4 Å². The molecule has 308 valence electrons. The highest BCUT2D eigenvalue weighted by Gasteiger charge is 2.23. The summed E-state index contributed by atoms with van der Waals surface area (Å²) in [7, 11) is -4.84. The van der Waals surface area contributed by atoms with Crippen molar-refractivity contribution in [3.05, 3.63) is 85.1 Å². The van der Waals surface area contributed by atoms with Crippen LogP contribution in [0.5, 0.6) is 0 Å². The van der Waals surface area contributed by atoms with Gasteiger partial charge in [-0.05, 0) is 64.2 Å². The van der Waals surface area contributed by atoms with Crippen molar-refractivity contribution in [2.24, 2.45) is 0 Å². The molecule has 0 amide bonds. The van der Waals surface area contributed by atoms with Crippen LogP contribution in [-0.2, 0) is 28.2 Å². The number of carbonyl (C=O) groups is 2. The van der Waals surface area contributed by atoms with Crippen molar-refractivity contribution in [2.75, 3.05) is 13.2 Å². The minimum absolute atomic E-state index is 0.0951. The Morgan fingerprint density at radius 2 is 1.24 bits per heavy atom. The highest BCUT2D eigenvalue weighted by atomic mass is 31.2. The van der Waals surface area contributed by atoms with Crippen molar-refractivity contribution in [2.45, 2.75) is 154 Å². The summed E-state index contributed by atoms with van der Waals surface area (Å²) in [5, 5.41) is 30.2. The molecule has 0 saturated carbocycles. The van der Waals surface area contributed by atoms with Crippen LogP contribution in [0.3, 0.4) is 0 Å². The second kappa shape index (κ2) is 35.8. The Hall–Kier alpha value is -2.89. The molecule has 5 N–H and O–H groups in total. The number of esters is 2. The maximum absolute atomic E-state index is 12.4. The topological polar surface area (TPSA) is 180 Å². The molecule has 0 radical (unpaired) electrons. The van der Waals surface area contributed by atoms with Crippen molar-refractivity contribution < 1.29 is 53.3 Å². The van der Waals surface area contributed by atoms with Gasteiger partial charge in [0.15, 0.2) is 6.10 Å². The maximum Gasteiger partial charge on any atom is 0.469 e. The van der Waals surface area contributed by atoms with Crippen molar-refractivity contribution in [3.63, 3.8) is 0 Å². The quantitative estimate of drug-likeness (QED) is 0.0139. The van der Waals surface area contributed by atoms with Gasteiger partial charge in [0.25, 0.3) is 0 Å². The van der Waals surface area contributed by atoms with Crippen LogP contribution < -0.4 is 0 Å². The largest absolute Gasteiger partial charge is 0.469 e. The summed E-state index contributed by atoms with van der Waals surface area (Å²) < 4.78 is 26.1. The highest BCUT2D eigenvalue weighted by molar-refractivity contribution is 7.46. The number of unbranched alkanes of at least 4 members (excludes halogenated alkanes) is 9. The fraction of sp³-hybridized carbons (Fsp3) is 0.619. The summed E-state index contributed by atoms with van der Waals surface area (Å²) in [5.41, 5.74) is 0. The summed E-state index contributed by atoms with van der Waals surface area (Å²) in [5.74, 6) is -1.24. The van der Waals surface area contributed by atoms with Crippen LogP contribution in [0.15, 0.2) is 85.1 Å². The van der Waals surface area contributed by atoms with Crippen molar-refractivity contribution >= 4 is 19.8 Å². The molecule has 0 unspecified atom stereocenters. The second-order valence-electron chi connectivity index (χ2n) is 13.1. The second-order valence-corrected chi connectivity index (χ2v) is 14.3. The summed E-state index contributed by atoms with van der Waals surface area (Å²) in [4.78, 5) is 42.8. The van der Waals surface area contributed by atoms with E-state index in [1.165, 1.54) is 25.3 Å². The van der Waals surface area contributed by atoms with E-state index in [4.69, 9.17) is 19.3 Å². The number of rotatable bonds is 34. The van der Waals surface area contributed by atoms with E-state index in [0.29, 0.717) is 12.8 Å². The van der Waals surface area contributed by atoms with Crippen molar-refractivity contribution in [3.8, 4) is 0 Å². The standard InChI is InChI=1S/C42H69O11P/c1-3-5-7-8-9-10-11-12-13-14-15-16-17-18-23-27-33-42(47)53-38(36-52-54(48,49)50)35-51-41(46)34-28-32-40(45)39(44)31-26-22-20-19-21-25-30-37(43)29-24-6-4-2/h6,9-10,12-13,19-22,24-26,30-31,37-40,43-45H,3-5,7-8,11,14-18,23,27-29,32-36H2,1-2H3,(H2,48,49,50)/b10-9-,13-12-,21-19+,22-20-,24-6-,30-25+,31-26-/t37-,38-,39+,40+/m1/s1. The van der Waals surface area contributed by atoms with E-state index in [-0.39, 0.29) is 25.7 Å². The molecule has 0 heterocycles. The number of phosphoric ester groups is 1. The van der Waals surface area contributed by atoms with Gasteiger partial charge >= 0.3 is 19.8 Å². The van der Waals surface area contributed by atoms with Gasteiger partial charge in [0.05, 0.1) is 24.9 Å². The third kappa shape index (κ3) is 36.1. The third-order valence-corrected chi connectivity index (χ3v) is 8.48. The molecule has 12 heteroatoms. The van der Waals surface area contributed by atoms with Crippen LogP contribution in [-0.4, -0.2) is 74.7 Å². The molecular formula is C42H69O11P. The molecular weight excluding hydrogens is 711 g/mol. The number of ether oxygens (including phenoxy) is 2. The number of phosphoric acid groups is 1. The van der Waals surface area contributed by atoms with E-state index in [0.717, 1.165) is 57.8 Å². The molecule has 0 aromatic carbocycles. The lowest BCUT2D eigenvalue weighted by Gasteiger charge is -2.18. The van der Waals surface area contributed by atoms with Gasteiger partial charge in [-0.3, -0.25) is 14.1 Å². The Labute approximate surface area is 324 Å². The fourth-order valence-electron chi connectivity index (χ4n) is 4.92. The Balaban J connectivity index is 4.33. The molecule has 0 aromatic rings. The van der Waals surface area contributed by atoms with Gasteiger partial charge in [0, 0.05) is 12.8 Å². The lowest BCUT2D eigenvalue weighted by atomic mass is 10.1. The molecule has 0 aliphatic heterocycles. The maximum atomic E-state index is 12.4. The predicted octanol–water partition coefficient (Wildman–Crippen LogP) is 8.59. The first-order valence-electron chi connectivity index (χ1n) is 19.7. The molecule has 0 spiro atoms. The van der Waals surface area contributed by atoms with Gasteiger partial charge in [-0.1, -0.05) is 137 Å². The van der Waals surface area contributed by atoms with Crippen LogP contribution in [0.2, 0.25) is 0 Å². The van der Waals surface area contributed by atoms with E-state index in [2.05, 4.69) is 35.8 Å². The molecule has 0 aliphatic carbocycles. The molecule has 11 nitrogen and oxygen atoms in total. The van der Waals surface area contributed by atoms with Gasteiger partial charge in [0.1, 0.15) is 6.61 Å². The first kappa shape index (κ1) is 51.1. The average molecular weight is 781 g/mol. The zero-order chi connectivity index (χ0) is 40.1. The van der Waals surface area contributed by atoms with Gasteiger partial charge in [0.2, 0.25) is 0 Å². The Morgan fingerprint density at radius 1 is 0.648 bits per heavy atom. The predicted molar refractivity (Wildman–Crippen MR) is 215 cm³/mol. The molecule has 4 atom stereocenters. The molecule has 0 aromatic heterocycles. The monoisotopic (exact) mass is 780 g/mol. The first-order valence-corrected chi connectivity index (χ1v) is 21.2. The summed E-state index contributed by atoms with van der Waals surface area (Å²) in [6.07, 6.45) is 36.8. The first-order chi connectivity index (χ1) is 26.0. The highest BCUT2D eigenvalue weighted by Crippen LogP contribution is 2.36. The number of carbonyl (C=O) groups excluding carboxylic acids is 2. The van der Waals surface area contributed by atoms with Crippen LogP contribution in [0.25, 0.3) is 0 Å². The molecule has 0 rings (SSSR count). The zero-order valence-corrected chi connectivity index (χ0v) is 33.6. The Kier molecular flexibility index (Phi) is 33.9. The van der Waals surface area contributed by atoms with Crippen LogP contribution >= 0.6 is 7.82 Å². The zero-order valence-electron chi connectivity index (χ0n) is 32.7. The minimum Gasteiger partial charge on any atom is -0.462 e. The number of aliphatic hydroxyl groups excluding tert-OH is 3. The van der Waals surface area contributed by atoms with Gasteiger partial charge < -0.3 is 34.6 Å². The Morgan fingerprint density at radius 3 is 1.89 bits per heavy atom. The van der Waals surface area contributed by atoms with E-state index in [1.807, 2.05) is 19.1 Å². The lowest BCUT2D eigenvalue weighted by molar-refractivity contribution is -0.161. The summed E-state index contributed by atoms with van der Waals surface area (Å²) in [6, 6.07) is 0. The fourth-order valence-corrected chi connectivity index (χ4v) is 5.28. The Bertz CT molecular complexity index is 1200. The van der Waals surface area contributed by atoms with Crippen LogP contribution in [0.4, 0.5) is 0 Å². The van der Waals surface area contributed by atoms with E-state index in [9.17, 15) is 29.5 Å². The molecule has 0 saturated heterocycles. The SMILES string of the molecule is CC/C=C\C[C@@H](O)/C=C/C=C/C=C\C=C/[C@H](O)[C@@H](O)CCCC(=O)OC[C@H](COP(=O)(O)O)OC(=O)CCCCCCCC/C=C\C/C=C\CCCCC. The van der Waals surface area contributed by atoms with Gasteiger partial charge in [-0.15, -0.1) is 0 Å². The van der Waals surface area contributed by atoms with Gasteiger partial charge in [-0.2, -0.15) is 0 Å². The normalized spacial score (nSPS) is 15.2. The summed E-state index contributed by atoms with van der Waals surface area (Å²) in [6.45, 7) is 3.14. The smallest absolute Gasteiger partial charge is 0.462 e. The minimum atomic E-state index is -4.84. The molecule has 0 bridgehead atoms. The summed E-state index contributed by atoms with van der Waals surface area (Å²) >= 11 is 0. The molecule has 0 aliphatic rings. The lowest BCUT2D eigenvalue weighted by Crippen LogP contribution is -2.29. The van der Waals surface area contributed by atoms with Gasteiger partial charge in [-0.25, -0.2) is 4.57 Å². The number of allylic oxidation sites excluding steroid dienone is 11. The van der Waals surface area contributed by atoms with E-state index >= 15 is 0 Å². The van der Waals surface area contributed by atoms with Crippen LogP contribution in [0.1, 0.15) is 129 Å². The number of hydrogen-bond donors (Lipinski definition) is 5. The molecule has 0 fully saturated rings. The number of hydrogen-bond acceptors (Lipinski definition) is 9. The van der Waals surface area contributed by atoms with Crippen molar-refractivity contribution in [1.82, 2.24) is 0 Å². The van der Waals surface area contributed by atoms with E-state index in [1.54, 1.807) is 42.5 Å².